The molecule has 2 heterocycles. The van der Waals surface area contributed by atoms with Crippen LogP contribution in [0, 0.1) is 6.92 Å². The van der Waals surface area contributed by atoms with E-state index in [9.17, 15) is 4.79 Å². The molecule has 4 aromatic rings. The van der Waals surface area contributed by atoms with Crippen molar-refractivity contribution in [1.82, 2.24) is 14.4 Å². The van der Waals surface area contributed by atoms with Crippen molar-refractivity contribution in [3.8, 4) is 5.75 Å². The van der Waals surface area contributed by atoms with Crippen LogP contribution in [0.25, 0.3) is 16.8 Å². The molecule has 0 saturated heterocycles. The van der Waals surface area contributed by atoms with E-state index >= 15 is 0 Å². The van der Waals surface area contributed by atoms with Crippen LogP contribution in [0.2, 0.25) is 0 Å². The highest BCUT2D eigenvalue weighted by Crippen LogP contribution is 2.35. The van der Waals surface area contributed by atoms with E-state index in [0.717, 1.165) is 45.7 Å². The summed E-state index contributed by atoms with van der Waals surface area (Å²) in [5.41, 5.74) is 5.58. The maximum atomic E-state index is 13.0. The third-order valence-corrected chi connectivity index (χ3v) is 5.50. The van der Waals surface area contributed by atoms with E-state index < -0.39 is 0 Å². The summed E-state index contributed by atoms with van der Waals surface area (Å²) in [6.07, 6.45) is 1.24. The molecule has 0 saturated carbocycles. The first-order chi connectivity index (χ1) is 13.2. The molecular weight excluding hydrogens is 338 g/mol. The van der Waals surface area contributed by atoms with Crippen molar-refractivity contribution in [2.75, 3.05) is 7.11 Å². The predicted molar refractivity (Wildman–Crippen MR) is 104 cm³/mol. The van der Waals surface area contributed by atoms with Gasteiger partial charge in [0, 0.05) is 12.1 Å². The molecule has 2 aromatic heterocycles. The standard InChI is InChI=1S/C22H19N3O2/c1-13-21-18(24-22-23-17-5-3-4-6-19(17)25(13)22)11-15(12-20(21)26)14-7-9-16(27-2)10-8-14/h3-10,15H,11-12H2,1-2H3/t15-/m1/s1. The van der Waals surface area contributed by atoms with Gasteiger partial charge in [-0.2, -0.15) is 0 Å². The fourth-order valence-corrected chi connectivity index (χ4v) is 4.17. The summed E-state index contributed by atoms with van der Waals surface area (Å²) in [7, 11) is 1.65. The number of ether oxygens (including phenoxy) is 1. The average Bonchev–Trinajstić information content (AvgIpc) is 3.06. The molecule has 1 atom stereocenters. The van der Waals surface area contributed by atoms with Gasteiger partial charge in [-0.15, -0.1) is 0 Å². The van der Waals surface area contributed by atoms with Crippen molar-refractivity contribution in [3.05, 3.63) is 71.0 Å². The van der Waals surface area contributed by atoms with Crippen LogP contribution in [0.15, 0.2) is 48.5 Å². The van der Waals surface area contributed by atoms with Gasteiger partial charge in [0.1, 0.15) is 5.75 Å². The predicted octanol–water partition coefficient (Wildman–Crippen LogP) is 4.11. The zero-order valence-electron chi connectivity index (χ0n) is 15.3. The van der Waals surface area contributed by atoms with Gasteiger partial charge in [0.2, 0.25) is 5.78 Å². The van der Waals surface area contributed by atoms with E-state index in [0.29, 0.717) is 12.2 Å². The number of aryl methyl sites for hydroxylation is 1. The molecule has 1 aliphatic carbocycles. The topological polar surface area (TPSA) is 56.5 Å². The van der Waals surface area contributed by atoms with Gasteiger partial charge >= 0.3 is 0 Å². The molecule has 2 aromatic carbocycles. The van der Waals surface area contributed by atoms with Crippen LogP contribution in [0.4, 0.5) is 0 Å². The van der Waals surface area contributed by atoms with Crippen molar-refractivity contribution in [2.45, 2.75) is 25.7 Å². The highest BCUT2D eigenvalue weighted by Gasteiger charge is 2.30. The maximum Gasteiger partial charge on any atom is 0.235 e. The van der Waals surface area contributed by atoms with E-state index in [1.165, 1.54) is 0 Å². The van der Waals surface area contributed by atoms with Gasteiger partial charge in [-0.1, -0.05) is 24.3 Å². The number of hydrogen-bond acceptors (Lipinski definition) is 4. The Morgan fingerprint density at radius 1 is 1.04 bits per heavy atom. The first-order valence-corrected chi connectivity index (χ1v) is 9.09. The smallest absolute Gasteiger partial charge is 0.235 e. The third-order valence-electron chi connectivity index (χ3n) is 5.50. The number of aromatic nitrogens is 3. The first kappa shape index (κ1) is 16.0. The Bertz CT molecular complexity index is 1190. The largest absolute Gasteiger partial charge is 0.497 e. The van der Waals surface area contributed by atoms with Crippen LogP contribution in [-0.2, 0) is 6.42 Å². The number of fused-ring (bicyclic) bond motifs is 4. The number of imidazole rings is 1. The second-order valence-electron chi connectivity index (χ2n) is 7.06. The van der Waals surface area contributed by atoms with E-state index in [2.05, 4.69) is 4.98 Å². The Morgan fingerprint density at radius 3 is 2.59 bits per heavy atom. The Morgan fingerprint density at radius 2 is 1.81 bits per heavy atom. The molecule has 5 heteroatoms. The Labute approximate surface area is 156 Å². The Balaban J connectivity index is 1.64. The SMILES string of the molecule is COc1ccc([C@H]2CC(=O)c3c(nc4nc5ccccc5n4c3C)C2)cc1. The van der Waals surface area contributed by atoms with E-state index in [-0.39, 0.29) is 11.7 Å². The van der Waals surface area contributed by atoms with E-state index in [4.69, 9.17) is 9.72 Å². The maximum absolute atomic E-state index is 13.0. The fraction of sp³-hybridized carbons (Fsp3) is 0.227. The number of benzene rings is 2. The number of ketones is 1. The van der Waals surface area contributed by atoms with Gasteiger partial charge in [-0.05, 0) is 49.1 Å². The van der Waals surface area contributed by atoms with Gasteiger partial charge < -0.3 is 4.74 Å². The van der Waals surface area contributed by atoms with Crippen LogP contribution in [0.3, 0.4) is 0 Å². The molecule has 27 heavy (non-hydrogen) atoms. The zero-order valence-corrected chi connectivity index (χ0v) is 15.3. The number of carbonyl (C=O) groups is 1. The minimum atomic E-state index is 0.134. The van der Waals surface area contributed by atoms with Crippen molar-refractivity contribution in [3.63, 3.8) is 0 Å². The minimum Gasteiger partial charge on any atom is -0.497 e. The molecule has 0 radical (unpaired) electrons. The summed E-state index contributed by atoms with van der Waals surface area (Å²) in [5, 5.41) is 0. The van der Waals surface area contributed by atoms with Crippen molar-refractivity contribution < 1.29 is 9.53 Å². The molecule has 1 aliphatic rings. The summed E-state index contributed by atoms with van der Waals surface area (Å²) < 4.78 is 7.24. The number of rotatable bonds is 2. The Kier molecular flexibility index (Phi) is 3.50. The lowest BCUT2D eigenvalue weighted by atomic mass is 9.81. The summed E-state index contributed by atoms with van der Waals surface area (Å²) >= 11 is 0. The second-order valence-corrected chi connectivity index (χ2v) is 7.06. The monoisotopic (exact) mass is 357 g/mol. The number of methoxy groups -OCH3 is 1. The quantitative estimate of drug-likeness (QED) is 0.542. The molecule has 0 aliphatic heterocycles. The highest BCUT2D eigenvalue weighted by molar-refractivity contribution is 6.00. The van der Waals surface area contributed by atoms with E-state index in [1.807, 2.05) is 59.9 Å². The molecule has 0 N–H and O–H groups in total. The lowest BCUT2D eigenvalue weighted by Crippen LogP contribution is -2.23. The number of Topliss-reactive ketones (excluding diaryl/α,β-unsaturated/α-hetero) is 1. The number of nitrogens with zero attached hydrogens (tertiary/aromatic N) is 3. The van der Waals surface area contributed by atoms with Crippen LogP contribution in [0.5, 0.6) is 5.75 Å². The second kappa shape index (κ2) is 5.91. The summed E-state index contributed by atoms with van der Waals surface area (Å²) in [5.74, 6) is 1.77. The summed E-state index contributed by atoms with van der Waals surface area (Å²) in [6, 6.07) is 15.9. The molecule has 0 unspecified atom stereocenters. The Hall–Kier alpha value is -3.21. The molecular formula is C22H19N3O2. The van der Waals surface area contributed by atoms with Gasteiger partial charge in [0.05, 0.1) is 29.4 Å². The molecule has 5 nitrogen and oxygen atoms in total. The molecule has 0 amide bonds. The lowest BCUT2D eigenvalue weighted by molar-refractivity contribution is 0.0962. The average molecular weight is 357 g/mol. The van der Waals surface area contributed by atoms with Gasteiger partial charge in [-0.3, -0.25) is 9.20 Å². The number of para-hydroxylation sites is 2. The van der Waals surface area contributed by atoms with Gasteiger partial charge in [0.25, 0.3) is 0 Å². The van der Waals surface area contributed by atoms with Gasteiger partial charge in [-0.25, -0.2) is 9.97 Å². The van der Waals surface area contributed by atoms with Crippen molar-refractivity contribution >= 4 is 22.6 Å². The van der Waals surface area contributed by atoms with Crippen molar-refractivity contribution in [2.24, 2.45) is 0 Å². The molecule has 0 bridgehead atoms. The van der Waals surface area contributed by atoms with Gasteiger partial charge in [0.15, 0.2) is 5.78 Å². The minimum absolute atomic E-state index is 0.134. The van der Waals surface area contributed by atoms with Crippen LogP contribution in [-0.4, -0.2) is 27.3 Å². The molecule has 0 spiro atoms. The van der Waals surface area contributed by atoms with Crippen LogP contribution in [0.1, 0.15) is 39.6 Å². The highest BCUT2D eigenvalue weighted by atomic mass is 16.5. The summed E-state index contributed by atoms with van der Waals surface area (Å²) in [6.45, 7) is 1.99. The van der Waals surface area contributed by atoms with E-state index in [1.54, 1.807) is 7.11 Å². The van der Waals surface area contributed by atoms with Crippen molar-refractivity contribution in [1.29, 1.82) is 0 Å². The van der Waals surface area contributed by atoms with Crippen LogP contribution >= 0.6 is 0 Å². The van der Waals surface area contributed by atoms with Crippen LogP contribution < -0.4 is 4.74 Å². The number of carbonyl (C=O) groups excluding carboxylic acids is 1. The molecule has 5 rings (SSSR count). The number of hydrogen-bond donors (Lipinski definition) is 0. The molecule has 134 valence electrons. The summed E-state index contributed by atoms with van der Waals surface area (Å²) in [4.78, 5) is 22.5. The zero-order chi connectivity index (χ0) is 18.5. The first-order valence-electron chi connectivity index (χ1n) is 9.09. The molecule has 0 fully saturated rings. The fourth-order valence-electron chi connectivity index (χ4n) is 4.17. The third kappa shape index (κ3) is 2.42. The lowest BCUT2D eigenvalue weighted by Gasteiger charge is -2.25. The normalized spacial score (nSPS) is 16.7.